The van der Waals surface area contributed by atoms with Gasteiger partial charge in [-0.15, -0.1) is 11.3 Å². The van der Waals surface area contributed by atoms with Crippen LogP contribution in [0.5, 0.6) is 0 Å². The molecule has 0 radical (unpaired) electrons. The monoisotopic (exact) mass is 481 g/mol. The standard InChI is InChI=1S/C27H23N5O2S/c33-27(32-19-8-11-34-12-9-19)24-5-2-18(15-29-24)17-1-4-22-21(13-17)23(7-10-28-22)31-20-3-6-26-25(14-20)30-16-35-26/h1-7,10,13-16,19H,8-9,11-12H2,(H,28,31)(H,32,33). The Labute approximate surface area is 206 Å². The molecule has 35 heavy (non-hydrogen) atoms. The number of fused-ring (bicyclic) bond motifs is 2. The van der Waals surface area contributed by atoms with E-state index in [0.29, 0.717) is 18.9 Å². The molecule has 2 N–H and O–H groups in total. The summed E-state index contributed by atoms with van der Waals surface area (Å²) in [5.74, 6) is -0.144. The first-order valence-electron chi connectivity index (χ1n) is 11.6. The highest BCUT2D eigenvalue weighted by molar-refractivity contribution is 7.16. The first-order chi connectivity index (χ1) is 17.2. The SMILES string of the molecule is O=C(NC1CCOCC1)c1ccc(-c2ccc3nccc(Nc4ccc5scnc5c4)c3c2)cn1. The van der Waals surface area contributed by atoms with Crippen LogP contribution in [0.2, 0.25) is 0 Å². The van der Waals surface area contributed by atoms with Crippen LogP contribution in [0.3, 0.4) is 0 Å². The summed E-state index contributed by atoms with van der Waals surface area (Å²) in [6.45, 7) is 1.37. The average molecular weight is 482 g/mol. The zero-order valence-electron chi connectivity index (χ0n) is 18.9. The van der Waals surface area contributed by atoms with Gasteiger partial charge in [0.15, 0.2) is 0 Å². The summed E-state index contributed by atoms with van der Waals surface area (Å²) in [4.78, 5) is 26.0. The molecule has 3 aromatic heterocycles. The van der Waals surface area contributed by atoms with E-state index in [1.807, 2.05) is 29.8 Å². The summed E-state index contributed by atoms with van der Waals surface area (Å²) in [5, 5.41) is 7.58. The molecule has 174 valence electrons. The molecule has 1 aliphatic heterocycles. The second-order valence-corrected chi connectivity index (χ2v) is 9.43. The molecule has 0 saturated carbocycles. The van der Waals surface area contributed by atoms with Gasteiger partial charge in [-0.05, 0) is 60.9 Å². The van der Waals surface area contributed by atoms with Gasteiger partial charge in [0.05, 0.1) is 21.2 Å². The van der Waals surface area contributed by atoms with E-state index in [4.69, 9.17) is 4.74 Å². The van der Waals surface area contributed by atoms with Crippen LogP contribution in [0.1, 0.15) is 23.3 Å². The molecular formula is C27H23N5O2S. The molecule has 1 aliphatic rings. The number of thiazole rings is 1. The van der Waals surface area contributed by atoms with Crippen molar-refractivity contribution in [3.8, 4) is 11.1 Å². The van der Waals surface area contributed by atoms with E-state index in [-0.39, 0.29) is 11.9 Å². The Morgan fingerprint density at radius 2 is 1.80 bits per heavy atom. The maximum Gasteiger partial charge on any atom is 0.270 e. The number of amides is 1. The topological polar surface area (TPSA) is 89.0 Å². The van der Waals surface area contributed by atoms with Gasteiger partial charge in [-0.3, -0.25) is 14.8 Å². The Kier molecular flexibility index (Phi) is 5.81. The molecule has 5 aromatic rings. The summed E-state index contributed by atoms with van der Waals surface area (Å²) in [7, 11) is 0. The number of hydrogen-bond acceptors (Lipinski definition) is 7. The van der Waals surface area contributed by atoms with Crippen LogP contribution in [0.25, 0.3) is 32.2 Å². The molecule has 0 spiro atoms. The van der Waals surface area contributed by atoms with Crippen LogP contribution in [0.4, 0.5) is 11.4 Å². The molecule has 6 rings (SSSR count). The third-order valence-electron chi connectivity index (χ3n) is 6.24. The van der Waals surface area contributed by atoms with Gasteiger partial charge < -0.3 is 15.4 Å². The van der Waals surface area contributed by atoms with Crippen molar-refractivity contribution in [3.05, 3.63) is 78.2 Å². The number of benzene rings is 2. The lowest BCUT2D eigenvalue weighted by Crippen LogP contribution is -2.39. The number of pyridine rings is 2. The molecule has 1 fully saturated rings. The molecule has 8 heteroatoms. The van der Waals surface area contributed by atoms with E-state index in [1.165, 1.54) is 0 Å². The fourth-order valence-corrected chi connectivity index (χ4v) is 4.98. The second kappa shape index (κ2) is 9.40. The summed E-state index contributed by atoms with van der Waals surface area (Å²) in [6.07, 6.45) is 5.23. The molecule has 0 atom stereocenters. The van der Waals surface area contributed by atoms with Gasteiger partial charge in [-0.1, -0.05) is 12.1 Å². The van der Waals surface area contributed by atoms with Crippen LogP contribution in [-0.2, 0) is 4.74 Å². The quantitative estimate of drug-likeness (QED) is 0.342. The van der Waals surface area contributed by atoms with Crippen molar-refractivity contribution < 1.29 is 9.53 Å². The van der Waals surface area contributed by atoms with Crippen molar-refractivity contribution in [2.75, 3.05) is 18.5 Å². The van der Waals surface area contributed by atoms with Crippen LogP contribution in [0, 0.1) is 0 Å². The van der Waals surface area contributed by atoms with Crippen molar-refractivity contribution in [1.82, 2.24) is 20.3 Å². The fourth-order valence-electron chi connectivity index (χ4n) is 4.33. The van der Waals surface area contributed by atoms with Gasteiger partial charge in [0.2, 0.25) is 0 Å². The van der Waals surface area contributed by atoms with Gasteiger partial charge in [-0.25, -0.2) is 4.98 Å². The highest BCUT2D eigenvalue weighted by Crippen LogP contribution is 2.31. The molecule has 0 bridgehead atoms. The predicted molar refractivity (Wildman–Crippen MR) is 139 cm³/mol. The van der Waals surface area contributed by atoms with Crippen LogP contribution >= 0.6 is 11.3 Å². The van der Waals surface area contributed by atoms with Gasteiger partial charge >= 0.3 is 0 Å². The number of carbonyl (C=O) groups excluding carboxylic acids is 1. The Morgan fingerprint density at radius 1 is 0.914 bits per heavy atom. The number of ether oxygens (including phenoxy) is 1. The van der Waals surface area contributed by atoms with E-state index in [9.17, 15) is 4.79 Å². The maximum atomic E-state index is 12.6. The lowest BCUT2D eigenvalue weighted by atomic mass is 10.0. The highest BCUT2D eigenvalue weighted by atomic mass is 32.1. The minimum absolute atomic E-state index is 0.144. The van der Waals surface area contributed by atoms with Crippen LogP contribution < -0.4 is 10.6 Å². The lowest BCUT2D eigenvalue weighted by Gasteiger charge is -2.22. The molecule has 1 saturated heterocycles. The summed E-state index contributed by atoms with van der Waals surface area (Å²) >= 11 is 1.63. The predicted octanol–water partition coefficient (Wildman–Crippen LogP) is 5.56. The van der Waals surface area contributed by atoms with Crippen molar-refractivity contribution in [2.24, 2.45) is 0 Å². The maximum absolute atomic E-state index is 12.6. The Balaban J connectivity index is 1.25. The zero-order valence-corrected chi connectivity index (χ0v) is 19.7. The number of nitrogens with one attached hydrogen (secondary N) is 2. The van der Waals surface area contributed by atoms with E-state index in [1.54, 1.807) is 29.8 Å². The van der Waals surface area contributed by atoms with E-state index in [2.05, 4.69) is 49.9 Å². The molecular weight excluding hydrogens is 458 g/mol. The number of carbonyl (C=O) groups is 1. The number of nitrogens with zero attached hydrogens (tertiary/aromatic N) is 3. The van der Waals surface area contributed by atoms with E-state index in [0.717, 1.165) is 56.5 Å². The van der Waals surface area contributed by atoms with Gasteiger partial charge in [0.1, 0.15) is 5.69 Å². The van der Waals surface area contributed by atoms with Crippen molar-refractivity contribution in [3.63, 3.8) is 0 Å². The highest BCUT2D eigenvalue weighted by Gasteiger charge is 2.17. The van der Waals surface area contributed by atoms with Gasteiger partial charge in [-0.2, -0.15) is 0 Å². The van der Waals surface area contributed by atoms with Crippen molar-refractivity contribution in [2.45, 2.75) is 18.9 Å². The Bertz CT molecular complexity index is 1510. The first-order valence-corrected chi connectivity index (χ1v) is 12.4. The number of rotatable bonds is 5. The third kappa shape index (κ3) is 4.58. The van der Waals surface area contributed by atoms with Crippen LogP contribution in [-0.4, -0.2) is 40.1 Å². The third-order valence-corrected chi connectivity index (χ3v) is 7.05. The Morgan fingerprint density at radius 3 is 2.66 bits per heavy atom. The molecule has 0 unspecified atom stereocenters. The minimum Gasteiger partial charge on any atom is -0.381 e. The zero-order chi connectivity index (χ0) is 23.6. The van der Waals surface area contributed by atoms with Crippen molar-refractivity contribution >= 4 is 49.7 Å². The van der Waals surface area contributed by atoms with Crippen molar-refractivity contribution in [1.29, 1.82) is 0 Å². The van der Waals surface area contributed by atoms with Gasteiger partial charge in [0, 0.05) is 54.0 Å². The lowest BCUT2D eigenvalue weighted by molar-refractivity contribution is 0.0694. The Hall–Kier alpha value is -3.88. The normalized spacial score (nSPS) is 14.3. The average Bonchev–Trinajstić information content (AvgIpc) is 3.37. The number of aromatic nitrogens is 3. The number of hydrogen-bond donors (Lipinski definition) is 2. The second-order valence-electron chi connectivity index (χ2n) is 8.54. The summed E-state index contributed by atoms with van der Waals surface area (Å²) in [6, 6.07) is 18.2. The molecule has 4 heterocycles. The molecule has 1 amide bonds. The minimum atomic E-state index is -0.144. The van der Waals surface area contributed by atoms with E-state index < -0.39 is 0 Å². The number of anilines is 2. The fraction of sp³-hybridized carbons (Fsp3) is 0.185. The summed E-state index contributed by atoms with van der Waals surface area (Å²) in [5.41, 5.74) is 8.04. The smallest absolute Gasteiger partial charge is 0.270 e. The molecule has 2 aromatic carbocycles. The first kappa shape index (κ1) is 21.6. The summed E-state index contributed by atoms with van der Waals surface area (Å²) < 4.78 is 6.52. The van der Waals surface area contributed by atoms with Crippen LogP contribution in [0.15, 0.2) is 72.5 Å². The molecule has 7 nitrogen and oxygen atoms in total. The van der Waals surface area contributed by atoms with Gasteiger partial charge in [0.25, 0.3) is 5.91 Å². The largest absolute Gasteiger partial charge is 0.381 e. The van der Waals surface area contributed by atoms with E-state index >= 15 is 0 Å². The molecule has 0 aliphatic carbocycles.